The zero-order valence-corrected chi connectivity index (χ0v) is 70.7. The summed E-state index contributed by atoms with van der Waals surface area (Å²) in [4.78, 5) is 45.0. The highest BCUT2D eigenvalue weighted by molar-refractivity contribution is 6.31. The first kappa shape index (κ1) is 76.2. The van der Waals surface area contributed by atoms with Gasteiger partial charge in [0.2, 0.25) is 11.9 Å². The van der Waals surface area contributed by atoms with Gasteiger partial charge in [-0.3, -0.25) is 9.13 Å². The highest BCUT2D eigenvalue weighted by Gasteiger charge is 2.28. The minimum atomic E-state index is 0.558. The van der Waals surface area contributed by atoms with E-state index in [2.05, 4.69) is 214 Å². The standard InChI is InChI=1S/3C39H24N4O/c1-4-13-25(14-5-1)28-19-11-23-32-34(28)29-20-10-21-30-35(29)36-31(22-12-24-33(36)44-32)43(30)39-41-37(26-15-6-2-7-16-26)40-38(42-39)27-17-8-3-9-18-27;1-4-12-25(13-5-1)37-40-38(26-14-6-2-7-15-26)42-39(41-37)27-22-23-33-30(24-27)29-18-10-19-31-35(29)36-32(20-11-21-34(36)44-33)43(31)28-16-8-3-9-17-28;1-4-13-25(14-5-1)28-23-24-32-35-34-30(29-19-10-11-22-33(29)44-36(28)35)20-12-21-31(34)43(32)39-41-37(26-15-6-2-7-16-26)40-38(42-39)27-17-8-3-9-18-27/h3*1-24H. The molecule has 15 nitrogen and oxygen atoms in total. The van der Waals surface area contributed by atoms with Gasteiger partial charge in [0, 0.05) is 82.5 Å². The number of aromatic nitrogens is 12. The molecule has 132 heavy (non-hydrogen) atoms. The molecule has 0 radical (unpaired) electrons. The average Bonchev–Trinajstić information content (AvgIpc) is 1.56. The van der Waals surface area contributed by atoms with Crippen LogP contribution in [-0.4, -0.2) is 58.6 Å². The molecule has 9 aromatic heterocycles. The van der Waals surface area contributed by atoms with Gasteiger partial charge in [-0.15, -0.1) is 0 Å². The zero-order valence-electron chi connectivity index (χ0n) is 70.7. The van der Waals surface area contributed by atoms with Crippen molar-refractivity contribution >= 4 is 131 Å². The van der Waals surface area contributed by atoms with Crippen molar-refractivity contribution in [2.45, 2.75) is 0 Å². The SMILES string of the molecule is c1ccc(-c2nc(-c3ccccc3)nc(-c3ccc4oc5cccc6c5c5c(cccc5n6-c5ccccc5)c4c3)n2)cc1.c1ccc(-c2nc(-c3ccccc3)nc(-n3c4ccc(-c5ccccc5)c5oc6ccccc6c6cccc3c6c54)n2)cc1.c1ccc(-c2nc(-c3ccccc3)nc(-n3c4cccc5oc6cccc(-c7ccccc7)c6c6cccc3c6c54)n2)cc1. The van der Waals surface area contributed by atoms with Gasteiger partial charge in [0.15, 0.2) is 40.8 Å². The monoisotopic (exact) mass is 1690 g/mol. The Morgan fingerprint density at radius 3 is 0.932 bits per heavy atom. The van der Waals surface area contributed by atoms with Crippen LogP contribution < -0.4 is 0 Å². The molecule has 0 unspecified atom stereocenters. The molecule has 0 N–H and O–H groups in total. The van der Waals surface area contributed by atoms with E-state index >= 15 is 0 Å². The molecule has 0 aliphatic rings. The largest absolute Gasteiger partial charge is 0.456 e. The molecule has 0 saturated heterocycles. The van der Waals surface area contributed by atoms with Crippen molar-refractivity contribution in [2.24, 2.45) is 0 Å². The third kappa shape index (κ3) is 13.2. The molecule has 9 heterocycles. The first-order valence-electron chi connectivity index (χ1n) is 43.9. The molecule has 0 spiro atoms. The summed E-state index contributed by atoms with van der Waals surface area (Å²) >= 11 is 0. The van der Waals surface area contributed by atoms with Crippen molar-refractivity contribution < 1.29 is 13.3 Å². The van der Waals surface area contributed by atoms with Crippen LogP contribution >= 0.6 is 0 Å². The Bertz CT molecular complexity index is 8950. The van der Waals surface area contributed by atoms with E-state index in [1.165, 1.54) is 5.39 Å². The average molecular weight is 1690 g/mol. The quantitative estimate of drug-likeness (QED) is 0.114. The number of hydrogen-bond acceptors (Lipinski definition) is 12. The maximum atomic E-state index is 6.88. The molecule has 18 aromatic carbocycles. The molecule has 27 rings (SSSR count). The van der Waals surface area contributed by atoms with Crippen LogP contribution in [0.2, 0.25) is 0 Å². The smallest absolute Gasteiger partial charge is 0.238 e. The van der Waals surface area contributed by atoms with Crippen molar-refractivity contribution in [1.29, 1.82) is 0 Å². The van der Waals surface area contributed by atoms with Crippen LogP contribution in [-0.2, 0) is 0 Å². The number of rotatable bonds is 12. The molecule has 0 aliphatic carbocycles. The Balaban J connectivity index is 0.000000106. The van der Waals surface area contributed by atoms with Gasteiger partial charge in [-0.1, -0.05) is 340 Å². The molecule has 618 valence electrons. The van der Waals surface area contributed by atoms with Crippen LogP contribution in [0.15, 0.2) is 450 Å². The second-order valence-electron chi connectivity index (χ2n) is 32.6. The van der Waals surface area contributed by atoms with Crippen molar-refractivity contribution in [1.82, 2.24) is 58.6 Å². The highest BCUT2D eigenvalue weighted by atomic mass is 16.3. The lowest BCUT2D eigenvalue weighted by Gasteiger charge is -2.11. The summed E-state index contributed by atoms with van der Waals surface area (Å²) < 4.78 is 26.9. The lowest BCUT2D eigenvalue weighted by atomic mass is 9.97. The molecule has 0 amide bonds. The lowest BCUT2D eigenvalue weighted by molar-refractivity contribution is 0.663. The van der Waals surface area contributed by atoms with E-state index in [-0.39, 0.29) is 0 Å². The molecule has 27 aromatic rings. The summed E-state index contributed by atoms with van der Waals surface area (Å²) in [7, 11) is 0. The molecule has 0 aliphatic heterocycles. The van der Waals surface area contributed by atoms with E-state index in [0.29, 0.717) is 52.7 Å². The van der Waals surface area contributed by atoms with Crippen molar-refractivity contribution in [3.05, 3.63) is 437 Å². The molecular formula is C117H72N12O3. The molecule has 0 saturated carbocycles. The molecule has 0 bridgehead atoms. The van der Waals surface area contributed by atoms with Crippen LogP contribution in [0.4, 0.5) is 0 Å². The van der Waals surface area contributed by atoms with E-state index in [1.54, 1.807) is 0 Å². The van der Waals surface area contributed by atoms with Crippen molar-refractivity contribution in [3.8, 4) is 120 Å². The third-order valence-electron chi connectivity index (χ3n) is 24.8. The third-order valence-corrected chi connectivity index (χ3v) is 24.8. The Morgan fingerprint density at radius 2 is 0.462 bits per heavy atom. The van der Waals surface area contributed by atoms with Gasteiger partial charge in [-0.2, -0.15) is 19.9 Å². The second-order valence-corrected chi connectivity index (χ2v) is 32.6. The van der Waals surface area contributed by atoms with Crippen molar-refractivity contribution in [3.63, 3.8) is 0 Å². The van der Waals surface area contributed by atoms with Gasteiger partial charge in [0.25, 0.3) is 0 Å². The fraction of sp³-hybridized carbons (Fsp3) is 0. The summed E-state index contributed by atoms with van der Waals surface area (Å²) in [6, 6.07) is 149. The predicted molar refractivity (Wildman–Crippen MR) is 533 cm³/mol. The first-order chi connectivity index (χ1) is 65.5. The van der Waals surface area contributed by atoms with Crippen LogP contribution in [0.3, 0.4) is 0 Å². The van der Waals surface area contributed by atoms with Gasteiger partial charge in [0.05, 0.1) is 49.3 Å². The van der Waals surface area contributed by atoms with E-state index in [0.717, 1.165) is 193 Å². The maximum absolute atomic E-state index is 6.88. The maximum Gasteiger partial charge on any atom is 0.238 e. The summed E-state index contributed by atoms with van der Waals surface area (Å²) in [5.74, 6) is 5.49. The van der Waals surface area contributed by atoms with Crippen LogP contribution in [0.1, 0.15) is 0 Å². The molecular weight excluding hydrogens is 1620 g/mol. The zero-order chi connectivity index (χ0) is 87.1. The summed E-state index contributed by atoms with van der Waals surface area (Å²) in [6.45, 7) is 0. The Labute approximate surface area is 754 Å². The van der Waals surface area contributed by atoms with Crippen LogP contribution in [0.25, 0.3) is 251 Å². The minimum absolute atomic E-state index is 0.558. The molecule has 0 fully saturated rings. The molecule has 0 atom stereocenters. The first-order valence-corrected chi connectivity index (χ1v) is 43.9. The Kier molecular flexibility index (Phi) is 18.5. The molecule has 15 heteroatoms. The van der Waals surface area contributed by atoms with Gasteiger partial charge < -0.3 is 17.8 Å². The van der Waals surface area contributed by atoms with Crippen LogP contribution in [0.5, 0.6) is 0 Å². The highest BCUT2D eigenvalue weighted by Crippen LogP contribution is 2.48. The van der Waals surface area contributed by atoms with E-state index < -0.39 is 0 Å². The number of hydrogen-bond donors (Lipinski definition) is 0. The topological polar surface area (TPSA) is 170 Å². The van der Waals surface area contributed by atoms with Crippen molar-refractivity contribution in [2.75, 3.05) is 0 Å². The van der Waals surface area contributed by atoms with Gasteiger partial charge in [-0.05, 0) is 130 Å². The number of nitrogens with zero attached hydrogens (tertiary/aromatic N) is 12. The fourth-order valence-electron chi connectivity index (χ4n) is 18.9. The minimum Gasteiger partial charge on any atom is -0.456 e. The van der Waals surface area contributed by atoms with E-state index in [4.69, 9.17) is 58.1 Å². The van der Waals surface area contributed by atoms with Crippen LogP contribution in [0, 0.1) is 0 Å². The van der Waals surface area contributed by atoms with E-state index in [9.17, 15) is 0 Å². The number of benzene rings is 18. The summed E-state index contributed by atoms with van der Waals surface area (Å²) in [5, 5.41) is 13.1. The lowest BCUT2D eigenvalue weighted by Crippen LogP contribution is -2.06. The van der Waals surface area contributed by atoms with Gasteiger partial charge in [-0.25, -0.2) is 24.9 Å². The predicted octanol–water partition coefficient (Wildman–Crippen LogP) is 29.6. The summed E-state index contributed by atoms with van der Waals surface area (Å²) in [6.07, 6.45) is 0. The van der Waals surface area contributed by atoms with Gasteiger partial charge in [0.1, 0.15) is 33.5 Å². The van der Waals surface area contributed by atoms with Gasteiger partial charge >= 0.3 is 0 Å². The number of para-hydroxylation sites is 2. The normalized spacial score (nSPS) is 11.6. The summed E-state index contributed by atoms with van der Waals surface area (Å²) in [5.41, 5.74) is 23.2. The second kappa shape index (κ2) is 32.0. The number of fused-ring (bicyclic) bond motifs is 6. The Hall–Kier alpha value is -18.2. The Morgan fingerprint density at radius 1 is 0.159 bits per heavy atom. The fourth-order valence-corrected chi connectivity index (χ4v) is 18.9. The van der Waals surface area contributed by atoms with E-state index in [1.807, 2.05) is 237 Å².